The molecule has 1 atom stereocenters. The van der Waals surface area contributed by atoms with E-state index in [0.29, 0.717) is 0 Å². The minimum absolute atomic E-state index is 0.0565. The van der Waals surface area contributed by atoms with Crippen LogP contribution in [-0.2, 0) is 6.42 Å². The number of furan rings is 1. The molecule has 0 spiro atoms. The van der Waals surface area contributed by atoms with Gasteiger partial charge in [0, 0.05) is 5.39 Å². The van der Waals surface area contributed by atoms with E-state index < -0.39 is 0 Å². The van der Waals surface area contributed by atoms with Gasteiger partial charge in [-0.1, -0.05) is 41.5 Å². The summed E-state index contributed by atoms with van der Waals surface area (Å²) in [6.07, 6.45) is 1.86. The SMILES string of the molecule is Cc1ccc(CCC(N)c2cc3cc(C)ccc3o2)cc1. The van der Waals surface area contributed by atoms with Crippen molar-refractivity contribution in [2.24, 2.45) is 5.73 Å². The molecule has 1 aromatic heterocycles. The van der Waals surface area contributed by atoms with Gasteiger partial charge >= 0.3 is 0 Å². The largest absolute Gasteiger partial charge is 0.459 e. The van der Waals surface area contributed by atoms with Crippen LogP contribution in [0.1, 0.15) is 34.9 Å². The predicted molar refractivity (Wildman–Crippen MR) is 87.4 cm³/mol. The quantitative estimate of drug-likeness (QED) is 0.753. The molecule has 2 aromatic carbocycles. The summed E-state index contributed by atoms with van der Waals surface area (Å²) in [6.45, 7) is 4.19. The molecule has 0 amide bonds. The molecule has 0 fully saturated rings. The van der Waals surface area contributed by atoms with Gasteiger partial charge < -0.3 is 10.2 Å². The third-order valence-electron chi connectivity index (χ3n) is 3.92. The van der Waals surface area contributed by atoms with Crippen LogP contribution < -0.4 is 5.73 Å². The number of hydrogen-bond donors (Lipinski definition) is 1. The van der Waals surface area contributed by atoms with Crippen LogP contribution in [0.3, 0.4) is 0 Å². The van der Waals surface area contributed by atoms with Gasteiger partial charge in [-0.25, -0.2) is 0 Å². The van der Waals surface area contributed by atoms with Crippen molar-refractivity contribution in [1.29, 1.82) is 0 Å². The Morgan fingerprint density at radius 3 is 2.43 bits per heavy atom. The zero-order valence-corrected chi connectivity index (χ0v) is 12.6. The van der Waals surface area contributed by atoms with Gasteiger partial charge in [-0.3, -0.25) is 0 Å². The van der Waals surface area contributed by atoms with Crippen LogP contribution in [0.5, 0.6) is 0 Å². The summed E-state index contributed by atoms with van der Waals surface area (Å²) in [4.78, 5) is 0. The van der Waals surface area contributed by atoms with Crippen molar-refractivity contribution >= 4 is 11.0 Å². The predicted octanol–water partition coefficient (Wildman–Crippen LogP) is 4.68. The van der Waals surface area contributed by atoms with Crippen molar-refractivity contribution < 1.29 is 4.42 Å². The molecule has 1 unspecified atom stereocenters. The summed E-state index contributed by atoms with van der Waals surface area (Å²) >= 11 is 0. The number of nitrogens with two attached hydrogens (primary N) is 1. The average molecular weight is 279 g/mol. The van der Waals surface area contributed by atoms with Gasteiger partial charge in [0.05, 0.1) is 6.04 Å². The lowest BCUT2D eigenvalue weighted by molar-refractivity contribution is 0.478. The van der Waals surface area contributed by atoms with E-state index in [0.717, 1.165) is 29.6 Å². The molecule has 2 nitrogen and oxygen atoms in total. The van der Waals surface area contributed by atoms with Crippen LogP contribution in [0.2, 0.25) is 0 Å². The Hall–Kier alpha value is -2.06. The van der Waals surface area contributed by atoms with Crippen LogP contribution in [0.25, 0.3) is 11.0 Å². The minimum Gasteiger partial charge on any atom is -0.459 e. The molecule has 0 radical (unpaired) electrons. The van der Waals surface area contributed by atoms with Crippen LogP contribution in [0.4, 0.5) is 0 Å². The number of hydrogen-bond acceptors (Lipinski definition) is 2. The zero-order valence-electron chi connectivity index (χ0n) is 12.6. The molecule has 0 saturated heterocycles. The van der Waals surface area contributed by atoms with Crippen molar-refractivity contribution in [1.82, 2.24) is 0 Å². The van der Waals surface area contributed by atoms with Crippen molar-refractivity contribution in [2.45, 2.75) is 32.7 Å². The van der Waals surface area contributed by atoms with Crippen molar-refractivity contribution in [3.8, 4) is 0 Å². The molecule has 0 saturated carbocycles. The summed E-state index contributed by atoms with van der Waals surface area (Å²) in [6, 6.07) is 16.9. The topological polar surface area (TPSA) is 39.2 Å². The molecule has 108 valence electrons. The summed E-state index contributed by atoms with van der Waals surface area (Å²) < 4.78 is 5.87. The molecule has 0 aliphatic heterocycles. The van der Waals surface area contributed by atoms with Crippen LogP contribution in [0, 0.1) is 13.8 Å². The van der Waals surface area contributed by atoms with E-state index in [4.69, 9.17) is 10.2 Å². The monoisotopic (exact) mass is 279 g/mol. The number of aryl methyl sites for hydroxylation is 3. The molecule has 1 heterocycles. The highest BCUT2D eigenvalue weighted by molar-refractivity contribution is 5.78. The average Bonchev–Trinajstić information content (AvgIpc) is 2.89. The Kier molecular flexibility index (Phi) is 3.80. The van der Waals surface area contributed by atoms with E-state index in [1.54, 1.807) is 0 Å². The van der Waals surface area contributed by atoms with Crippen molar-refractivity contribution in [3.63, 3.8) is 0 Å². The van der Waals surface area contributed by atoms with Crippen LogP contribution >= 0.6 is 0 Å². The standard InChI is InChI=1S/C19H21NO/c1-13-3-6-15(7-4-13)8-9-17(20)19-12-16-11-14(2)5-10-18(16)21-19/h3-7,10-12,17H,8-9,20H2,1-2H3. The molecule has 0 aliphatic rings. The number of fused-ring (bicyclic) bond motifs is 1. The van der Waals surface area contributed by atoms with Crippen LogP contribution in [-0.4, -0.2) is 0 Å². The molecule has 2 N–H and O–H groups in total. The van der Waals surface area contributed by atoms with Crippen molar-refractivity contribution in [2.75, 3.05) is 0 Å². The lowest BCUT2D eigenvalue weighted by atomic mass is 10.0. The first-order valence-corrected chi connectivity index (χ1v) is 7.43. The Bertz CT molecular complexity index is 740. The molecule has 3 aromatic rings. The fourth-order valence-electron chi connectivity index (χ4n) is 2.59. The van der Waals surface area contributed by atoms with Gasteiger partial charge in [-0.2, -0.15) is 0 Å². The molecule has 21 heavy (non-hydrogen) atoms. The highest BCUT2D eigenvalue weighted by Crippen LogP contribution is 2.26. The van der Waals surface area contributed by atoms with Gasteiger partial charge in [-0.05, 0) is 50.5 Å². The maximum absolute atomic E-state index is 6.28. The third kappa shape index (κ3) is 3.17. The summed E-state index contributed by atoms with van der Waals surface area (Å²) in [5.74, 6) is 0.878. The summed E-state index contributed by atoms with van der Waals surface area (Å²) in [7, 11) is 0. The smallest absolute Gasteiger partial charge is 0.134 e. The highest BCUT2D eigenvalue weighted by Gasteiger charge is 2.12. The Balaban J connectivity index is 1.71. The third-order valence-corrected chi connectivity index (χ3v) is 3.92. The van der Waals surface area contributed by atoms with Gasteiger partial charge in [0.25, 0.3) is 0 Å². The Morgan fingerprint density at radius 2 is 1.67 bits per heavy atom. The Labute approximate surface area is 125 Å². The normalized spacial score (nSPS) is 12.7. The lowest BCUT2D eigenvalue weighted by Crippen LogP contribution is -2.10. The van der Waals surface area contributed by atoms with E-state index in [1.165, 1.54) is 16.7 Å². The van der Waals surface area contributed by atoms with Gasteiger partial charge in [0.1, 0.15) is 11.3 Å². The molecule has 2 heteroatoms. The summed E-state index contributed by atoms with van der Waals surface area (Å²) in [5.41, 5.74) is 11.0. The Morgan fingerprint density at radius 1 is 0.952 bits per heavy atom. The molecule has 3 rings (SSSR count). The van der Waals surface area contributed by atoms with E-state index in [1.807, 2.05) is 6.07 Å². The van der Waals surface area contributed by atoms with E-state index in [2.05, 4.69) is 56.3 Å². The second-order valence-corrected chi connectivity index (χ2v) is 5.82. The number of benzene rings is 2. The maximum Gasteiger partial charge on any atom is 0.134 e. The first-order valence-electron chi connectivity index (χ1n) is 7.43. The van der Waals surface area contributed by atoms with E-state index in [-0.39, 0.29) is 6.04 Å². The number of rotatable bonds is 4. The first-order chi connectivity index (χ1) is 10.1. The minimum atomic E-state index is -0.0565. The van der Waals surface area contributed by atoms with Crippen molar-refractivity contribution in [3.05, 3.63) is 71.0 Å². The second kappa shape index (κ2) is 5.74. The molecular formula is C19H21NO. The molecule has 0 aliphatic carbocycles. The van der Waals surface area contributed by atoms with Gasteiger partial charge in [0.2, 0.25) is 0 Å². The molecular weight excluding hydrogens is 258 g/mol. The van der Waals surface area contributed by atoms with Crippen LogP contribution in [0.15, 0.2) is 52.9 Å². The second-order valence-electron chi connectivity index (χ2n) is 5.82. The lowest BCUT2D eigenvalue weighted by Gasteiger charge is -2.08. The van der Waals surface area contributed by atoms with E-state index in [9.17, 15) is 0 Å². The van der Waals surface area contributed by atoms with E-state index >= 15 is 0 Å². The maximum atomic E-state index is 6.28. The van der Waals surface area contributed by atoms with Gasteiger partial charge in [0.15, 0.2) is 0 Å². The highest BCUT2D eigenvalue weighted by atomic mass is 16.3. The summed E-state index contributed by atoms with van der Waals surface area (Å²) in [5, 5.41) is 1.13. The fourth-order valence-corrected chi connectivity index (χ4v) is 2.59. The van der Waals surface area contributed by atoms with Gasteiger partial charge in [-0.15, -0.1) is 0 Å². The molecule has 0 bridgehead atoms. The fraction of sp³-hybridized carbons (Fsp3) is 0.263. The first kappa shape index (κ1) is 13.9. The zero-order chi connectivity index (χ0) is 14.8.